The first-order chi connectivity index (χ1) is 3.39. The smallest absolute Gasteiger partial charge is 0.0505 e. The fourth-order valence-electron chi connectivity index (χ4n) is 0.655. The molecule has 0 saturated carbocycles. The molecule has 0 N–H and O–H groups in total. The van der Waals surface area contributed by atoms with Gasteiger partial charge in [0.2, 0.25) is 0 Å². The van der Waals surface area contributed by atoms with Gasteiger partial charge in [0.05, 0.1) is 13.2 Å². The summed E-state index contributed by atoms with van der Waals surface area (Å²) in [4.78, 5) is 0. The molecule has 15 heavy (non-hydrogen) atoms. The van der Waals surface area contributed by atoms with Gasteiger partial charge in [0.25, 0.3) is 0 Å². The number of hydrogen-bond donors (Lipinski definition) is 0. The summed E-state index contributed by atoms with van der Waals surface area (Å²) < 4.78 is 5.16. The van der Waals surface area contributed by atoms with Gasteiger partial charge in [-0.25, -0.2) is 0 Å². The first kappa shape index (κ1) is 56.5. The summed E-state index contributed by atoms with van der Waals surface area (Å²) in [5, 5.41) is 0. The Labute approximate surface area is 112 Å². The molecule has 0 spiro atoms. The van der Waals surface area contributed by atoms with Crippen LogP contribution < -0.4 is 0 Å². The Kier molecular flexibility index (Phi) is 137. The van der Waals surface area contributed by atoms with E-state index in [1.165, 1.54) is 12.3 Å². The Balaban J connectivity index is -0.0000000102. The van der Waals surface area contributed by atoms with E-state index in [-0.39, 0.29) is 67.3 Å². The quantitative estimate of drug-likeness (QED) is 0.330. The molecular formula is C5H11B8OP. The summed E-state index contributed by atoms with van der Waals surface area (Å²) in [5.74, 6) is 0. The van der Waals surface area contributed by atoms with Crippen LogP contribution in [0, 0.1) is 0 Å². The highest BCUT2D eigenvalue weighted by atomic mass is 31.1. The van der Waals surface area contributed by atoms with E-state index in [1.54, 1.807) is 0 Å². The van der Waals surface area contributed by atoms with E-state index < -0.39 is 0 Å². The zero-order chi connectivity index (χ0) is 5.11. The fraction of sp³-hybridized carbons (Fsp3) is 1.00. The lowest BCUT2D eigenvalue weighted by Gasteiger charge is -2.17. The summed E-state index contributed by atoms with van der Waals surface area (Å²) in [7, 11) is 0.383. The maximum Gasteiger partial charge on any atom is 0.0505 e. The third kappa shape index (κ3) is 31.3. The van der Waals surface area contributed by atoms with Crippen LogP contribution >= 0.6 is 7.92 Å². The van der Waals surface area contributed by atoms with Crippen molar-refractivity contribution in [1.82, 2.24) is 0 Å². The molecule has 1 aliphatic rings. The summed E-state index contributed by atoms with van der Waals surface area (Å²) in [6, 6.07) is 0. The van der Waals surface area contributed by atoms with Gasteiger partial charge >= 0.3 is 0 Å². The molecule has 0 aromatic carbocycles. The molecule has 1 heterocycles. The lowest BCUT2D eigenvalue weighted by molar-refractivity contribution is 0.158. The molecule has 1 saturated heterocycles. The van der Waals surface area contributed by atoms with Gasteiger partial charge in [-0.2, -0.15) is 0 Å². The fourth-order valence-corrected chi connectivity index (χ4v) is 1.76. The predicted molar refractivity (Wildman–Crippen MR) is 79.4 cm³/mol. The van der Waals surface area contributed by atoms with E-state index in [2.05, 4.69) is 6.66 Å². The van der Waals surface area contributed by atoms with Gasteiger partial charge in [0.1, 0.15) is 0 Å². The van der Waals surface area contributed by atoms with Crippen molar-refractivity contribution in [3.8, 4) is 0 Å². The Morgan fingerprint density at radius 2 is 0.933 bits per heavy atom. The van der Waals surface area contributed by atoms with Crippen LogP contribution in [0.2, 0.25) is 0 Å². The average Bonchev–Trinajstić information content (AvgIpc) is 1.69. The minimum atomic E-state index is 0. The topological polar surface area (TPSA) is 9.23 Å². The monoisotopic (exact) mass is 206 g/mol. The van der Waals surface area contributed by atoms with Crippen LogP contribution in [0.4, 0.5) is 0 Å². The number of ether oxygens (including phenoxy) is 1. The zero-order valence-corrected chi connectivity index (χ0v) is 10.2. The second-order valence-corrected chi connectivity index (χ2v) is 4.52. The minimum Gasteiger partial charge on any atom is -0.381 e. The molecule has 1 rings (SSSR count). The van der Waals surface area contributed by atoms with Crippen molar-refractivity contribution in [2.45, 2.75) is 0 Å². The van der Waals surface area contributed by atoms with Crippen molar-refractivity contribution < 1.29 is 4.74 Å². The summed E-state index contributed by atoms with van der Waals surface area (Å²) in [6.45, 7) is 4.38. The maximum absolute atomic E-state index is 5.16. The van der Waals surface area contributed by atoms with Crippen molar-refractivity contribution >= 4 is 75.2 Å². The molecular weight excluding hydrogens is 194 g/mol. The molecule has 1 fully saturated rings. The van der Waals surface area contributed by atoms with E-state index in [0.717, 1.165) is 13.2 Å². The van der Waals surface area contributed by atoms with Crippen LogP contribution in [-0.4, -0.2) is 99.5 Å². The van der Waals surface area contributed by atoms with Gasteiger partial charge in [0.15, 0.2) is 0 Å². The van der Waals surface area contributed by atoms with Crippen molar-refractivity contribution in [3.05, 3.63) is 0 Å². The third-order valence-corrected chi connectivity index (χ3v) is 3.13. The van der Waals surface area contributed by atoms with Gasteiger partial charge in [-0.1, -0.05) is 0 Å². The molecule has 10 heteroatoms. The largest absolute Gasteiger partial charge is 0.381 e. The highest BCUT2D eigenvalue weighted by Gasteiger charge is 2.05. The van der Waals surface area contributed by atoms with Crippen molar-refractivity contribution in [2.75, 3.05) is 32.2 Å². The molecule has 1 aliphatic heterocycles. The van der Waals surface area contributed by atoms with E-state index in [0.29, 0.717) is 7.92 Å². The van der Waals surface area contributed by atoms with Crippen LogP contribution in [0.25, 0.3) is 0 Å². The van der Waals surface area contributed by atoms with Gasteiger partial charge < -0.3 is 4.74 Å². The van der Waals surface area contributed by atoms with Gasteiger partial charge in [-0.05, 0) is 19.0 Å². The normalized spacial score (nSPS) is 11.8. The molecule has 1 nitrogen and oxygen atoms in total. The first-order valence-electron chi connectivity index (χ1n) is 2.66. The molecule has 0 aliphatic carbocycles. The average molecular weight is 205 g/mol. The second kappa shape index (κ2) is 36.3. The van der Waals surface area contributed by atoms with Crippen molar-refractivity contribution in [1.29, 1.82) is 0 Å². The first-order valence-corrected chi connectivity index (χ1v) is 4.82. The van der Waals surface area contributed by atoms with Gasteiger partial charge in [-0.3, -0.25) is 0 Å². The van der Waals surface area contributed by atoms with Crippen LogP contribution in [-0.2, 0) is 4.74 Å². The SMILES string of the molecule is CP1CCOCC1.[B].[B].[B].[B].[B].[B].[B].[B]. The van der Waals surface area contributed by atoms with Gasteiger partial charge in [0, 0.05) is 67.3 Å². The van der Waals surface area contributed by atoms with Crippen molar-refractivity contribution in [2.24, 2.45) is 0 Å². The Bertz CT molecular complexity index is 65.0. The number of hydrogen-bond acceptors (Lipinski definition) is 1. The van der Waals surface area contributed by atoms with Gasteiger partial charge in [-0.15, -0.1) is 7.92 Å². The lowest BCUT2D eigenvalue weighted by Crippen LogP contribution is -2.11. The predicted octanol–water partition coefficient (Wildman–Crippen LogP) is -1.92. The molecule has 0 aromatic heterocycles. The standard InChI is InChI=1S/C5H11OP.8B/c1-7-4-2-6-3-5-7;;;;;;;;/h2-5H2,1H3;;;;;;;;. The molecule has 0 aromatic rings. The maximum atomic E-state index is 5.16. The Morgan fingerprint density at radius 1 is 0.667 bits per heavy atom. The Hall–Kier alpha value is 0.909. The van der Waals surface area contributed by atoms with E-state index in [1.807, 2.05) is 0 Å². The van der Waals surface area contributed by atoms with Crippen LogP contribution in [0.1, 0.15) is 0 Å². The summed E-state index contributed by atoms with van der Waals surface area (Å²) >= 11 is 0. The number of rotatable bonds is 0. The third-order valence-electron chi connectivity index (χ3n) is 1.23. The van der Waals surface area contributed by atoms with E-state index >= 15 is 0 Å². The molecule has 66 valence electrons. The zero-order valence-electron chi connectivity index (χ0n) is 9.30. The molecule has 0 bridgehead atoms. The highest BCUT2D eigenvalue weighted by Crippen LogP contribution is 2.31. The summed E-state index contributed by atoms with van der Waals surface area (Å²) in [6.07, 6.45) is 2.66. The lowest BCUT2D eigenvalue weighted by atomic mass is 10.8. The highest BCUT2D eigenvalue weighted by molar-refractivity contribution is 7.56. The molecule has 0 atom stereocenters. The molecule has 0 amide bonds. The minimum absolute atomic E-state index is 0. The second-order valence-electron chi connectivity index (χ2n) is 1.92. The Morgan fingerprint density at radius 3 is 1.07 bits per heavy atom. The summed E-state index contributed by atoms with van der Waals surface area (Å²) in [5.41, 5.74) is 0. The van der Waals surface area contributed by atoms with Crippen molar-refractivity contribution in [3.63, 3.8) is 0 Å². The van der Waals surface area contributed by atoms with Crippen LogP contribution in [0.15, 0.2) is 0 Å². The molecule has 24 radical (unpaired) electrons. The molecule has 0 unspecified atom stereocenters. The van der Waals surface area contributed by atoms with E-state index in [9.17, 15) is 0 Å². The van der Waals surface area contributed by atoms with Crippen LogP contribution in [0.3, 0.4) is 0 Å². The van der Waals surface area contributed by atoms with E-state index in [4.69, 9.17) is 4.74 Å². The van der Waals surface area contributed by atoms with Crippen LogP contribution in [0.5, 0.6) is 0 Å².